The number of carbonyl (C=O) groups excluding carboxylic acids is 1. The van der Waals surface area contributed by atoms with Gasteiger partial charge in [-0.2, -0.15) is 0 Å². The molecule has 294 valence electrons. The number of aliphatic hydroxyl groups is 6. The Hall–Kier alpha value is -5.44. The van der Waals surface area contributed by atoms with E-state index >= 15 is 0 Å². The number of carbonyl (C=O) groups is 1. The average molecular weight is 771 g/mol. The molecule has 10 N–H and O–H groups in total. The summed E-state index contributed by atoms with van der Waals surface area (Å²) in [6.07, 6.45) is -14.2. The summed E-state index contributed by atoms with van der Waals surface area (Å²) in [6, 6.07) is 10.1. The summed E-state index contributed by atoms with van der Waals surface area (Å²) in [6.45, 7) is 2.45. The minimum absolute atomic E-state index is 0.0107. The molecule has 2 fully saturated rings. The van der Waals surface area contributed by atoms with Crippen molar-refractivity contribution in [3.8, 4) is 45.8 Å². The number of fused-ring (bicyclic) bond motifs is 1. The first-order valence-electron chi connectivity index (χ1n) is 16.8. The van der Waals surface area contributed by atoms with Crippen molar-refractivity contribution in [2.45, 2.75) is 75.3 Å². The zero-order valence-corrected chi connectivity index (χ0v) is 29.0. The SMILES string of the molecule is Cc1ccc(/C=C/C(=O)OCC2O[C@@H](Oc3c(-c4ccc(O)c(O)c4)oc4cc(O[C@@H]5OC(C)[C@H](O)[C@H](O)C5O)cc(O)c4c3=O)C(O)[C@@H](O)[C@@H]2O)cc1O. The molecule has 0 bridgehead atoms. The highest BCUT2D eigenvalue weighted by atomic mass is 16.7. The molecule has 2 saturated heterocycles. The summed E-state index contributed by atoms with van der Waals surface area (Å²) in [7, 11) is 0. The lowest BCUT2D eigenvalue weighted by atomic mass is 9.99. The van der Waals surface area contributed by atoms with Crippen molar-refractivity contribution in [3.63, 3.8) is 0 Å². The standard InChI is InChI=1S/C37H38O18/c1-14-3-4-16(9-20(14)39)5-8-25(42)50-13-24-28(44)31(47)33(49)37(54-24)55-35-29(45)26-22(41)11-18(52-36-32(48)30(46)27(43)15(2)51-36)12-23(26)53-34(35)17-6-7-19(38)21(40)10-17/h3-12,15,24,27-28,30-33,36-41,43-44,46-49H,13H2,1-2H3/b8-5+/t15?,24?,27-,28+,30-,31-,32?,33?,36-,37-/m0/s1. The third-order valence-corrected chi connectivity index (χ3v) is 9.14. The van der Waals surface area contributed by atoms with Crippen LogP contribution in [-0.4, -0.2) is 125 Å². The van der Waals surface area contributed by atoms with Crippen LogP contribution < -0.4 is 14.9 Å². The predicted molar refractivity (Wildman–Crippen MR) is 186 cm³/mol. The van der Waals surface area contributed by atoms with E-state index in [2.05, 4.69) is 0 Å². The summed E-state index contributed by atoms with van der Waals surface area (Å²) in [5.74, 6) is -4.25. The quantitative estimate of drug-likeness (QED) is 0.0619. The van der Waals surface area contributed by atoms with Gasteiger partial charge in [-0.3, -0.25) is 4.79 Å². The number of ether oxygens (including phenoxy) is 5. The van der Waals surface area contributed by atoms with Gasteiger partial charge in [0.1, 0.15) is 77.6 Å². The fourth-order valence-electron chi connectivity index (χ4n) is 5.91. The Kier molecular flexibility index (Phi) is 11.2. The first-order chi connectivity index (χ1) is 26.0. The number of aliphatic hydroxyl groups excluding tert-OH is 6. The molecule has 18 heteroatoms. The number of phenols is 4. The first kappa shape index (κ1) is 39.3. The fraction of sp³-hybridized carbons (Fsp3) is 0.351. The maximum Gasteiger partial charge on any atom is 0.330 e. The maximum absolute atomic E-state index is 14.1. The van der Waals surface area contributed by atoms with Crippen molar-refractivity contribution >= 4 is 23.0 Å². The molecule has 0 amide bonds. The summed E-state index contributed by atoms with van der Waals surface area (Å²) >= 11 is 0. The van der Waals surface area contributed by atoms with E-state index in [9.17, 15) is 60.7 Å². The van der Waals surface area contributed by atoms with Gasteiger partial charge in [-0.15, -0.1) is 0 Å². The molecule has 18 nitrogen and oxygen atoms in total. The van der Waals surface area contributed by atoms with E-state index in [0.29, 0.717) is 11.1 Å². The van der Waals surface area contributed by atoms with Gasteiger partial charge < -0.3 is 79.2 Å². The van der Waals surface area contributed by atoms with Crippen molar-refractivity contribution in [3.05, 3.63) is 76.0 Å². The number of benzene rings is 3. The minimum atomic E-state index is -2.02. The van der Waals surface area contributed by atoms with Crippen LogP contribution in [0.5, 0.6) is 34.5 Å². The topological polar surface area (TPSA) is 296 Å². The number of phenolic OH excluding ortho intramolecular Hbond substituents is 4. The van der Waals surface area contributed by atoms with E-state index in [4.69, 9.17) is 28.1 Å². The molecule has 0 spiro atoms. The van der Waals surface area contributed by atoms with Crippen molar-refractivity contribution < 1.29 is 84.0 Å². The summed E-state index contributed by atoms with van der Waals surface area (Å²) in [4.78, 5) is 26.5. The van der Waals surface area contributed by atoms with E-state index in [1.54, 1.807) is 19.1 Å². The second-order valence-corrected chi connectivity index (χ2v) is 13.0. The monoisotopic (exact) mass is 770 g/mol. The average Bonchev–Trinajstić information content (AvgIpc) is 3.14. The van der Waals surface area contributed by atoms with E-state index in [0.717, 1.165) is 30.3 Å². The van der Waals surface area contributed by atoms with Gasteiger partial charge in [0.25, 0.3) is 0 Å². The zero-order chi connectivity index (χ0) is 39.9. The van der Waals surface area contributed by atoms with Crippen molar-refractivity contribution in [2.24, 2.45) is 0 Å². The van der Waals surface area contributed by atoms with Crippen LogP contribution in [0.3, 0.4) is 0 Å². The molecule has 2 aliphatic heterocycles. The van der Waals surface area contributed by atoms with Crippen LogP contribution in [0.4, 0.5) is 0 Å². The van der Waals surface area contributed by atoms with E-state index in [1.165, 1.54) is 25.1 Å². The lowest BCUT2D eigenvalue weighted by Gasteiger charge is -2.39. The van der Waals surface area contributed by atoms with Crippen molar-refractivity contribution in [2.75, 3.05) is 6.61 Å². The Bertz CT molecular complexity index is 2150. The summed E-state index contributed by atoms with van der Waals surface area (Å²) in [5, 5.41) is 103. The number of aryl methyl sites for hydroxylation is 1. The molecule has 0 saturated carbocycles. The minimum Gasteiger partial charge on any atom is -0.508 e. The molecule has 0 aliphatic carbocycles. The molecule has 10 atom stereocenters. The highest BCUT2D eigenvalue weighted by Gasteiger charge is 2.46. The molecule has 0 radical (unpaired) electrons. The molecule has 4 unspecified atom stereocenters. The maximum atomic E-state index is 14.1. The van der Waals surface area contributed by atoms with Crippen LogP contribution >= 0.6 is 0 Å². The van der Waals surface area contributed by atoms with Crippen LogP contribution in [0, 0.1) is 6.92 Å². The van der Waals surface area contributed by atoms with Crippen LogP contribution in [0.15, 0.2) is 63.8 Å². The van der Waals surface area contributed by atoms with Crippen LogP contribution in [0.1, 0.15) is 18.1 Å². The molecular formula is C37H38O18. The molecule has 1 aromatic heterocycles. The van der Waals surface area contributed by atoms with Crippen LogP contribution in [-0.2, 0) is 19.0 Å². The van der Waals surface area contributed by atoms with Crippen LogP contribution in [0.2, 0.25) is 0 Å². The normalized spacial score (nSPS) is 28.3. The van der Waals surface area contributed by atoms with Crippen molar-refractivity contribution in [1.29, 1.82) is 0 Å². The van der Waals surface area contributed by atoms with E-state index < -0.39 is 114 Å². The molecular weight excluding hydrogens is 732 g/mol. The first-order valence-corrected chi connectivity index (χ1v) is 16.8. The van der Waals surface area contributed by atoms with Crippen molar-refractivity contribution in [1.82, 2.24) is 0 Å². The predicted octanol–water partition coefficient (Wildman–Crippen LogP) is 0.240. The van der Waals surface area contributed by atoms with Gasteiger partial charge in [-0.1, -0.05) is 12.1 Å². The second-order valence-electron chi connectivity index (χ2n) is 13.0. The van der Waals surface area contributed by atoms with Gasteiger partial charge in [-0.25, -0.2) is 4.79 Å². The Balaban J connectivity index is 1.30. The summed E-state index contributed by atoms with van der Waals surface area (Å²) < 4.78 is 33.6. The highest BCUT2D eigenvalue weighted by molar-refractivity contribution is 5.89. The second kappa shape index (κ2) is 15.7. The lowest BCUT2D eigenvalue weighted by Crippen LogP contribution is -2.60. The highest BCUT2D eigenvalue weighted by Crippen LogP contribution is 2.40. The Morgan fingerprint density at radius 1 is 0.745 bits per heavy atom. The van der Waals surface area contributed by atoms with Crippen LogP contribution in [0.25, 0.3) is 28.4 Å². The third kappa shape index (κ3) is 8.02. The molecule has 55 heavy (non-hydrogen) atoms. The smallest absolute Gasteiger partial charge is 0.330 e. The van der Waals surface area contributed by atoms with E-state index in [1.807, 2.05) is 0 Å². The van der Waals surface area contributed by atoms with Gasteiger partial charge >= 0.3 is 5.97 Å². The number of esters is 1. The Morgan fingerprint density at radius 2 is 1.44 bits per heavy atom. The number of hydrogen-bond donors (Lipinski definition) is 10. The molecule has 2 aliphatic rings. The number of aromatic hydroxyl groups is 4. The summed E-state index contributed by atoms with van der Waals surface area (Å²) in [5.41, 5.74) is -0.418. The van der Waals surface area contributed by atoms with Gasteiger partial charge in [-0.05, 0) is 55.3 Å². The van der Waals surface area contributed by atoms with Gasteiger partial charge in [0, 0.05) is 23.8 Å². The molecule has 6 rings (SSSR count). The lowest BCUT2D eigenvalue weighted by molar-refractivity contribution is -0.278. The molecule has 3 aromatic carbocycles. The van der Waals surface area contributed by atoms with Gasteiger partial charge in [0.2, 0.25) is 23.8 Å². The van der Waals surface area contributed by atoms with E-state index in [-0.39, 0.29) is 22.6 Å². The number of rotatable bonds is 9. The zero-order valence-electron chi connectivity index (χ0n) is 29.0. The van der Waals surface area contributed by atoms with Gasteiger partial charge in [0.15, 0.2) is 17.3 Å². The largest absolute Gasteiger partial charge is 0.508 e. The number of hydrogen-bond acceptors (Lipinski definition) is 18. The molecule has 3 heterocycles. The fourth-order valence-corrected chi connectivity index (χ4v) is 5.91. The third-order valence-electron chi connectivity index (χ3n) is 9.14. The Morgan fingerprint density at radius 3 is 2.13 bits per heavy atom. The Labute approximate surface area is 310 Å². The van der Waals surface area contributed by atoms with Gasteiger partial charge in [0.05, 0.1) is 6.10 Å². The molecule has 4 aromatic rings.